The van der Waals surface area contributed by atoms with E-state index in [1.807, 2.05) is 20.8 Å². The van der Waals surface area contributed by atoms with Gasteiger partial charge in [-0.1, -0.05) is 0 Å². The largest absolute Gasteiger partial charge is 0.494 e. The van der Waals surface area contributed by atoms with Gasteiger partial charge < -0.3 is 10.1 Å². The minimum Gasteiger partial charge on any atom is -0.494 e. The molecule has 0 aliphatic carbocycles. The van der Waals surface area contributed by atoms with Gasteiger partial charge in [0.1, 0.15) is 17.0 Å². The van der Waals surface area contributed by atoms with Crippen molar-refractivity contribution in [2.75, 3.05) is 19.7 Å². The quantitative estimate of drug-likeness (QED) is 0.790. The topological polar surface area (TPSA) is 64.9 Å². The van der Waals surface area contributed by atoms with E-state index >= 15 is 0 Å². The summed E-state index contributed by atoms with van der Waals surface area (Å²) in [5.74, 6) is 0.453. The summed E-state index contributed by atoms with van der Waals surface area (Å²) < 4.78 is 21.6. The maximum absolute atomic E-state index is 14.6. The van der Waals surface area contributed by atoms with Crippen LogP contribution >= 0.6 is 0 Å². The first-order valence-electron chi connectivity index (χ1n) is 8.46. The van der Waals surface area contributed by atoms with Crippen molar-refractivity contribution >= 4 is 10.9 Å². The molecule has 1 fully saturated rings. The highest BCUT2D eigenvalue weighted by Gasteiger charge is 2.27. The van der Waals surface area contributed by atoms with Gasteiger partial charge in [-0.2, -0.15) is 15.3 Å². The second-order valence-corrected chi connectivity index (χ2v) is 6.29. The molecule has 0 amide bonds. The average molecular weight is 341 g/mol. The van der Waals surface area contributed by atoms with Crippen LogP contribution in [0.15, 0.2) is 18.2 Å². The Kier molecular flexibility index (Phi) is 3.88. The molecule has 0 saturated carbocycles. The molecule has 1 aliphatic rings. The van der Waals surface area contributed by atoms with E-state index in [-0.39, 0.29) is 5.82 Å². The molecular weight excluding hydrogens is 321 g/mol. The number of nitrogens with zero attached hydrogens (tertiary/aromatic N) is 4. The summed E-state index contributed by atoms with van der Waals surface area (Å²) in [5.41, 5.74) is 3.76. The van der Waals surface area contributed by atoms with E-state index in [1.165, 1.54) is 6.07 Å². The number of fused-ring (bicyclic) bond motifs is 1. The second kappa shape index (κ2) is 6.07. The van der Waals surface area contributed by atoms with Crippen molar-refractivity contribution in [2.45, 2.75) is 26.7 Å². The number of rotatable bonds is 4. The minimum absolute atomic E-state index is 0.309. The van der Waals surface area contributed by atoms with Crippen molar-refractivity contribution in [3.8, 4) is 11.4 Å². The molecule has 2 aromatic heterocycles. The molecule has 0 unspecified atom stereocenters. The van der Waals surface area contributed by atoms with Crippen LogP contribution < -0.4 is 10.1 Å². The summed E-state index contributed by atoms with van der Waals surface area (Å²) in [4.78, 5) is 0. The Morgan fingerprint density at radius 3 is 2.72 bits per heavy atom. The Morgan fingerprint density at radius 2 is 2.08 bits per heavy atom. The summed E-state index contributed by atoms with van der Waals surface area (Å²) in [6.07, 6.45) is 0. The Bertz CT molecular complexity index is 948. The zero-order valence-corrected chi connectivity index (χ0v) is 14.5. The molecule has 130 valence electrons. The van der Waals surface area contributed by atoms with Gasteiger partial charge in [-0.15, -0.1) is 0 Å². The van der Waals surface area contributed by atoms with Crippen molar-refractivity contribution in [2.24, 2.45) is 0 Å². The van der Waals surface area contributed by atoms with Crippen LogP contribution in [0.1, 0.15) is 29.9 Å². The predicted molar refractivity (Wildman–Crippen MR) is 92.9 cm³/mol. The summed E-state index contributed by atoms with van der Waals surface area (Å²) in [6, 6.07) is 4.85. The van der Waals surface area contributed by atoms with Crippen LogP contribution in [0.5, 0.6) is 5.75 Å². The Labute approximate surface area is 145 Å². The smallest absolute Gasteiger partial charge is 0.152 e. The van der Waals surface area contributed by atoms with Crippen LogP contribution in [0.4, 0.5) is 4.39 Å². The lowest BCUT2D eigenvalue weighted by Gasteiger charge is -2.26. The maximum atomic E-state index is 14.6. The molecule has 25 heavy (non-hydrogen) atoms. The third-order valence-corrected chi connectivity index (χ3v) is 4.65. The highest BCUT2D eigenvalue weighted by molar-refractivity contribution is 5.86. The Hall–Kier alpha value is -2.54. The average Bonchev–Trinajstić information content (AvgIpc) is 2.87. The van der Waals surface area contributed by atoms with E-state index in [0.29, 0.717) is 24.0 Å². The normalized spacial score (nSPS) is 14.7. The summed E-state index contributed by atoms with van der Waals surface area (Å²) in [5, 5.41) is 17.5. The van der Waals surface area contributed by atoms with Gasteiger partial charge in [-0.05, 0) is 32.9 Å². The Morgan fingerprint density at radius 1 is 1.28 bits per heavy atom. The fourth-order valence-electron chi connectivity index (χ4n) is 3.25. The number of hydrogen-bond donors (Lipinski definition) is 1. The molecule has 4 rings (SSSR count). The van der Waals surface area contributed by atoms with E-state index in [4.69, 9.17) is 4.74 Å². The van der Waals surface area contributed by atoms with E-state index in [2.05, 4.69) is 20.6 Å². The number of benzene rings is 1. The lowest BCUT2D eigenvalue weighted by Crippen LogP contribution is -2.40. The first-order valence-corrected chi connectivity index (χ1v) is 8.46. The lowest BCUT2D eigenvalue weighted by atomic mass is 9.97. The molecule has 0 atom stereocenters. The minimum atomic E-state index is -0.368. The highest BCUT2D eigenvalue weighted by Crippen LogP contribution is 2.31. The summed E-state index contributed by atoms with van der Waals surface area (Å²) >= 11 is 0. The SMILES string of the molecule is CCOc1ccc(-n2nc3c(C4CNC4)nnc(C)c3c2C)c(F)c1. The number of hydrogen-bond acceptors (Lipinski definition) is 5. The molecule has 7 heteroatoms. The fraction of sp³-hybridized carbons (Fsp3) is 0.389. The van der Waals surface area contributed by atoms with Crippen LogP contribution in [0.2, 0.25) is 0 Å². The third kappa shape index (κ3) is 2.55. The van der Waals surface area contributed by atoms with Gasteiger partial charge in [0.25, 0.3) is 0 Å². The lowest BCUT2D eigenvalue weighted by molar-refractivity contribution is 0.338. The van der Waals surface area contributed by atoms with Gasteiger partial charge >= 0.3 is 0 Å². The van der Waals surface area contributed by atoms with Crippen molar-refractivity contribution < 1.29 is 9.13 Å². The van der Waals surface area contributed by atoms with Crippen molar-refractivity contribution in [1.29, 1.82) is 0 Å². The van der Waals surface area contributed by atoms with E-state index in [0.717, 1.165) is 41.1 Å². The predicted octanol–water partition coefficient (Wildman–Crippen LogP) is 2.66. The molecule has 6 nitrogen and oxygen atoms in total. The molecule has 1 N–H and O–H groups in total. The molecule has 0 radical (unpaired) electrons. The molecular formula is C18H20FN5O. The molecule has 3 aromatic rings. The van der Waals surface area contributed by atoms with Crippen molar-refractivity contribution in [3.05, 3.63) is 41.1 Å². The fourth-order valence-corrected chi connectivity index (χ4v) is 3.25. The van der Waals surface area contributed by atoms with Gasteiger partial charge in [0, 0.05) is 30.5 Å². The van der Waals surface area contributed by atoms with Gasteiger partial charge in [0.15, 0.2) is 5.82 Å². The monoisotopic (exact) mass is 341 g/mol. The standard InChI is InChI=1S/C18H20FN5O/c1-4-25-13-5-6-15(14(19)7-13)24-11(3)16-10(2)21-22-17(18(16)23-24)12-8-20-9-12/h5-7,12,20H,4,8-9H2,1-3H3. The van der Waals surface area contributed by atoms with Gasteiger partial charge in [0.2, 0.25) is 0 Å². The number of ether oxygens (including phenoxy) is 1. The zero-order valence-electron chi connectivity index (χ0n) is 14.5. The molecule has 1 aliphatic heterocycles. The molecule has 0 bridgehead atoms. The highest BCUT2D eigenvalue weighted by atomic mass is 19.1. The molecule has 0 spiro atoms. The first kappa shape index (κ1) is 16.0. The van der Waals surface area contributed by atoms with Crippen LogP contribution in [-0.2, 0) is 0 Å². The summed E-state index contributed by atoms with van der Waals surface area (Å²) in [6.45, 7) is 7.95. The molecule has 1 saturated heterocycles. The van der Waals surface area contributed by atoms with Crippen LogP contribution in [0, 0.1) is 19.7 Å². The number of halogens is 1. The van der Waals surface area contributed by atoms with Crippen LogP contribution in [-0.4, -0.2) is 39.7 Å². The third-order valence-electron chi connectivity index (χ3n) is 4.65. The number of aromatic nitrogens is 4. The van der Waals surface area contributed by atoms with Crippen molar-refractivity contribution in [1.82, 2.24) is 25.3 Å². The van der Waals surface area contributed by atoms with Crippen LogP contribution in [0.25, 0.3) is 16.6 Å². The van der Waals surface area contributed by atoms with E-state index in [9.17, 15) is 4.39 Å². The van der Waals surface area contributed by atoms with Gasteiger partial charge in [-0.3, -0.25) is 0 Å². The van der Waals surface area contributed by atoms with E-state index in [1.54, 1.807) is 16.8 Å². The Balaban J connectivity index is 1.88. The van der Waals surface area contributed by atoms with Gasteiger partial charge in [-0.25, -0.2) is 9.07 Å². The van der Waals surface area contributed by atoms with Crippen molar-refractivity contribution in [3.63, 3.8) is 0 Å². The molecule has 1 aromatic carbocycles. The zero-order chi connectivity index (χ0) is 17.6. The molecule has 3 heterocycles. The summed E-state index contributed by atoms with van der Waals surface area (Å²) in [7, 11) is 0. The first-order chi connectivity index (χ1) is 12.1. The second-order valence-electron chi connectivity index (χ2n) is 6.29. The maximum Gasteiger partial charge on any atom is 0.152 e. The number of nitrogens with one attached hydrogen (secondary N) is 1. The van der Waals surface area contributed by atoms with Gasteiger partial charge in [0.05, 0.1) is 23.7 Å². The van der Waals surface area contributed by atoms with Crippen LogP contribution in [0.3, 0.4) is 0 Å². The number of aryl methyl sites for hydroxylation is 2. The van der Waals surface area contributed by atoms with E-state index < -0.39 is 0 Å².